The highest BCUT2D eigenvalue weighted by atomic mass is 79.9. The highest BCUT2D eigenvalue weighted by molar-refractivity contribution is 9.10. The maximum atomic E-state index is 12.8. The zero-order chi connectivity index (χ0) is 11.8. The van der Waals surface area contributed by atoms with Gasteiger partial charge >= 0.3 is 4.83 Å². The fourth-order valence-corrected chi connectivity index (χ4v) is 1.68. The number of alkyl halides is 3. The van der Waals surface area contributed by atoms with Gasteiger partial charge in [0, 0.05) is 0 Å². The van der Waals surface area contributed by atoms with Crippen LogP contribution in [0.2, 0.25) is 0 Å². The maximum absolute atomic E-state index is 12.8. The summed E-state index contributed by atoms with van der Waals surface area (Å²) in [5.41, 5.74) is 0.0751. The second-order valence-electron chi connectivity index (χ2n) is 3.35. The molecule has 1 N–H and O–H groups in total. The first-order valence-corrected chi connectivity index (χ1v) is 5.42. The number of ether oxygens (including phenoxy) is 2. The molecule has 1 aromatic rings. The minimum absolute atomic E-state index is 0.0751. The molecule has 3 nitrogen and oxygen atoms in total. The van der Waals surface area contributed by atoms with Gasteiger partial charge in [-0.2, -0.15) is 8.78 Å². The molecular formula is C10H9BrF2O3. The Morgan fingerprint density at radius 1 is 1.25 bits per heavy atom. The van der Waals surface area contributed by atoms with Gasteiger partial charge in [-0.3, -0.25) is 0 Å². The molecule has 1 aromatic carbocycles. The Hall–Kier alpha value is -0.880. The molecule has 1 aliphatic heterocycles. The van der Waals surface area contributed by atoms with Crippen LogP contribution in [0.5, 0.6) is 11.5 Å². The minimum atomic E-state index is -3.36. The van der Waals surface area contributed by atoms with E-state index < -0.39 is 10.9 Å². The van der Waals surface area contributed by atoms with E-state index in [9.17, 15) is 13.9 Å². The third-order valence-corrected chi connectivity index (χ3v) is 2.63. The first kappa shape index (κ1) is 11.6. The van der Waals surface area contributed by atoms with Crippen LogP contribution in [-0.2, 0) is 0 Å². The summed E-state index contributed by atoms with van der Waals surface area (Å²) in [5.74, 6) is 0.875. The molecule has 0 saturated carbocycles. The third kappa shape index (κ3) is 2.27. The van der Waals surface area contributed by atoms with Crippen molar-refractivity contribution in [3.63, 3.8) is 0 Å². The molecule has 1 unspecified atom stereocenters. The highest BCUT2D eigenvalue weighted by Crippen LogP contribution is 2.40. The van der Waals surface area contributed by atoms with Gasteiger partial charge in [-0.25, -0.2) is 0 Å². The predicted molar refractivity (Wildman–Crippen MR) is 56.3 cm³/mol. The average molecular weight is 295 g/mol. The SMILES string of the molecule is OC(c1ccc2c(c1)OCCO2)C(F)(F)Br. The lowest BCUT2D eigenvalue weighted by atomic mass is 10.1. The molecule has 0 aliphatic carbocycles. The largest absolute Gasteiger partial charge is 0.486 e. The van der Waals surface area contributed by atoms with Crippen molar-refractivity contribution in [1.29, 1.82) is 0 Å². The van der Waals surface area contributed by atoms with E-state index in [0.29, 0.717) is 24.7 Å². The summed E-state index contributed by atoms with van der Waals surface area (Å²) in [4.78, 5) is -3.36. The number of benzene rings is 1. The zero-order valence-corrected chi connectivity index (χ0v) is 9.71. The average Bonchev–Trinajstić information content (AvgIpc) is 2.26. The zero-order valence-electron chi connectivity index (χ0n) is 8.12. The van der Waals surface area contributed by atoms with Crippen LogP contribution < -0.4 is 9.47 Å². The summed E-state index contributed by atoms with van der Waals surface area (Å²) in [6.07, 6.45) is -1.91. The van der Waals surface area contributed by atoms with Crippen LogP contribution in [0.4, 0.5) is 8.78 Å². The Kier molecular flexibility index (Phi) is 3.03. The Morgan fingerprint density at radius 2 is 1.88 bits per heavy atom. The quantitative estimate of drug-likeness (QED) is 0.852. The molecule has 0 bridgehead atoms. The number of aliphatic hydroxyl groups excluding tert-OH is 1. The number of hydrogen-bond acceptors (Lipinski definition) is 3. The molecule has 88 valence electrons. The summed E-state index contributed by atoms with van der Waals surface area (Å²) in [6, 6.07) is 4.24. The molecule has 6 heteroatoms. The standard InChI is InChI=1S/C10H9BrF2O3/c11-10(12,13)9(14)6-1-2-7-8(5-6)16-4-3-15-7/h1-2,5,9,14H,3-4H2. The molecule has 1 atom stereocenters. The molecule has 1 heterocycles. The van der Waals surface area contributed by atoms with E-state index in [4.69, 9.17) is 9.47 Å². The molecule has 0 amide bonds. The first-order chi connectivity index (χ1) is 7.48. The van der Waals surface area contributed by atoms with Gasteiger partial charge in [0.2, 0.25) is 0 Å². The van der Waals surface area contributed by atoms with Gasteiger partial charge in [0.05, 0.1) is 0 Å². The number of halogens is 3. The van der Waals surface area contributed by atoms with Crippen LogP contribution in [0.1, 0.15) is 11.7 Å². The van der Waals surface area contributed by atoms with E-state index in [-0.39, 0.29) is 5.56 Å². The lowest BCUT2D eigenvalue weighted by molar-refractivity contribution is -0.0296. The van der Waals surface area contributed by atoms with Crippen molar-refractivity contribution >= 4 is 15.9 Å². The Labute approximate surface area is 99.1 Å². The molecule has 0 saturated heterocycles. The van der Waals surface area contributed by atoms with E-state index in [0.717, 1.165) is 0 Å². The summed E-state index contributed by atoms with van der Waals surface area (Å²) < 4.78 is 36.1. The number of fused-ring (bicyclic) bond motifs is 1. The van der Waals surface area contributed by atoms with E-state index >= 15 is 0 Å². The fraction of sp³-hybridized carbons (Fsp3) is 0.400. The van der Waals surface area contributed by atoms with Crippen LogP contribution in [0.25, 0.3) is 0 Å². The van der Waals surface area contributed by atoms with E-state index in [1.54, 1.807) is 0 Å². The van der Waals surface area contributed by atoms with Gasteiger partial charge in [0.15, 0.2) is 17.6 Å². The summed E-state index contributed by atoms with van der Waals surface area (Å²) in [5, 5.41) is 9.37. The van der Waals surface area contributed by atoms with Crippen LogP contribution in [0.3, 0.4) is 0 Å². The van der Waals surface area contributed by atoms with Crippen molar-refractivity contribution in [2.24, 2.45) is 0 Å². The van der Waals surface area contributed by atoms with Crippen LogP contribution in [-0.4, -0.2) is 23.2 Å². The lowest BCUT2D eigenvalue weighted by Gasteiger charge is -2.21. The normalized spacial score (nSPS) is 17.0. The monoisotopic (exact) mass is 294 g/mol. The minimum Gasteiger partial charge on any atom is -0.486 e. The molecule has 1 aliphatic rings. The molecule has 2 rings (SSSR count). The number of aliphatic hydroxyl groups is 1. The van der Waals surface area contributed by atoms with Crippen LogP contribution >= 0.6 is 15.9 Å². The number of hydrogen-bond donors (Lipinski definition) is 1. The fourth-order valence-electron chi connectivity index (χ4n) is 1.42. The molecular weight excluding hydrogens is 286 g/mol. The Morgan fingerprint density at radius 3 is 2.50 bits per heavy atom. The molecule has 0 aromatic heterocycles. The van der Waals surface area contributed by atoms with Gasteiger partial charge in [0.25, 0.3) is 0 Å². The predicted octanol–water partition coefficient (Wildman–Crippen LogP) is 2.48. The second-order valence-corrected chi connectivity index (χ2v) is 4.40. The topological polar surface area (TPSA) is 38.7 Å². The first-order valence-electron chi connectivity index (χ1n) is 4.63. The summed E-state index contributed by atoms with van der Waals surface area (Å²) in [6.45, 7) is 0.806. The lowest BCUT2D eigenvalue weighted by Crippen LogP contribution is -2.19. The van der Waals surface area contributed by atoms with Crippen molar-refractivity contribution in [1.82, 2.24) is 0 Å². The number of rotatable bonds is 2. The van der Waals surface area contributed by atoms with Crippen molar-refractivity contribution in [2.45, 2.75) is 10.9 Å². The summed E-state index contributed by atoms with van der Waals surface area (Å²) >= 11 is 2.12. The van der Waals surface area contributed by atoms with E-state index in [1.807, 2.05) is 0 Å². The van der Waals surface area contributed by atoms with Crippen molar-refractivity contribution in [3.05, 3.63) is 23.8 Å². The van der Waals surface area contributed by atoms with Crippen LogP contribution in [0, 0.1) is 0 Å². The molecule has 0 fully saturated rings. The molecule has 0 spiro atoms. The molecule has 0 radical (unpaired) electrons. The van der Waals surface area contributed by atoms with E-state index in [2.05, 4.69) is 15.9 Å². The highest BCUT2D eigenvalue weighted by Gasteiger charge is 2.36. The van der Waals surface area contributed by atoms with Crippen LogP contribution in [0.15, 0.2) is 18.2 Å². The van der Waals surface area contributed by atoms with Gasteiger partial charge in [0.1, 0.15) is 13.2 Å². The van der Waals surface area contributed by atoms with Gasteiger partial charge < -0.3 is 14.6 Å². The summed E-state index contributed by atoms with van der Waals surface area (Å²) in [7, 11) is 0. The Bertz CT molecular complexity index is 392. The van der Waals surface area contributed by atoms with Crippen molar-refractivity contribution < 1.29 is 23.4 Å². The molecule has 16 heavy (non-hydrogen) atoms. The van der Waals surface area contributed by atoms with Gasteiger partial charge in [-0.05, 0) is 33.6 Å². The Balaban J connectivity index is 2.30. The van der Waals surface area contributed by atoms with Crippen molar-refractivity contribution in [3.8, 4) is 11.5 Å². The van der Waals surface area contributed by atoms with Crippen molar-refractivity contribution in [2.75, 3.05) is 13.2 Å². The van der Waals surface area contributed by atoms with Gasteiger partial charge in [-0.15, -0.1) is 0 Å². The third-order valence-electron chi connectivity index (χ3n) is 2.19. The van der Waals surface area contributed by atoms with E-state index in [1.165, 1.54) is 18.2 Å². The maximum Gasteiger partial charge on any atom is 0.330 e. The smallest absolute Gasteiger partial charge is 0.330 e. The van der Waals surface area contributed by atoms with Gasteiger partial charge in [-0.1, -0.05) is 6.07 Å². The second kappa shape index (κ2) is 4.18.